The number of carbonyl (C=O) groups excluding carboxylic acids is 11. The molecule has 0 unspecified atom stereocenters. The number of nitrogens with one attached hydrogen (secondary N) is 8. The SMILES string of the molecule is CC[C@H](C)[C@H](NC(C)=O)C(=O)NC(C)(C)C(=O)N1CCC[C@H]1C(=O)N[C@@H](CC(C)C)C(=O)NC(C)(C)C(=O)N1CCC[C@H]1C(=O)N[C@H](C(=O)N[C@H](C(=O)NC(C)(C)C(=O)N1CCC[C@H]1C(=O)N[C@H](CO)CC(C)C)[C@@H](C)CC)[C@@H](C)CC. The summed E-state index contributed by atoms with van der Waals surface area (Å²) in [5, 5.41) is 32.5. The van der Waals surface area contributed by atoms with Crippen LogP contribution in [0.5, 0.6) is 0 Å². The summed E-state index contributed by atoms with van der Waals surface area (Å²) in [7, 11) is 0. The van der Waals surface area contributed by atoms with Gasteiger partial charge in [-0.15, -0.1) is 0 Å². The molecule has 9 N–H and O–H groups in total. The van der Waals surface area contributed by atoms with E-state index in [0.29, 0.717) is 64.3 Å². The highest BCUT2D eigenvalue weighted by atomic mass is 16.3. The summed E-state index contributed by atoms with van der Waals surface area (Å²) in [6.07, 6.45) is 4.71. The van der Waals surface area contributed by atoms with E-state index in [4.69, 9.17) is 0 Å². The Hall–Kier alpha value is -5.87. The van der Waals surface area contributed by atoms with E-state index in [2.05, 4.69) is 42.5 Å². The first-order chi connectivity index (χ1) is 38.1. The van der Waals surface area contributed by atoms with Crippen LogP contribution in [-0.2, 0) is 52.7 Å². The molecule has 0 aliphatic carbocycles. The number of hydrogen-bond donors (Lipinski definition) is 9. The van der Waals surface area contributed by atoms with E-state index in [0.717, 1.165) is 0 Å². The van der Waals surface area contributed by atoms with Gasteiger partial charge in [0, 0.05) is 26.6 Å². The summed E-state index contributed by atoms with van der Waals surface area (Å²) in [6, 6.07) is -7.55. The van der Waals surface area contributed by atoms with E-state index < -0.39 is 136 Å². The minimum atomic E-state index is -1.60. The molecule has 82 heavy (non-hydrogen) atoms. The van der Waals surface area contributed by atoms with Crippen LogP contribution in [0.3, 0.4) is 0 Å². The quantitative estimate of drug-likeness (QED) is 0.0522. The Morgan fingerprint density at radius 1 is 0.451 bits per heavy atom. The lowest BCUT2D eigenvalue weighted by Gasteiger charge is -2.36. The van der Waals surface area contributed by atoms with Crippen LogP contribution in [0.4, 0.5) is 0 Å². The van der Waals surface area contributed by atoms with Crippen molar-refractivity contribution >= 4 is 65.0 Å². The third-order valence-electron chi connectivity index (χ3n) is 16.5. The molecule has 3 heterocycles. The zero-order valence-corrected chi connectivity index (χ0v) is 52.4. The predicted molar refractivity (Wildman–Crippen MR) is 311 cm³/mol. The van der Waals surface area contributed by atoms with Crippen LogP contribution in [0, 0.1) is 29.6 Å². The number of likely N-dealkylation sites (tertiary alicyclic amines) is 3. The van der Waals surface area contributed by atoms with Crippen molar-refractivity contribution in [3.05, 3.63) is 0 Å². The summed E-state index contributed by atoms with van der Waals surface area (Å²) in [5.74, 6) is -6.96. The average molecular weight is 1160 g/mol. The zero-order valence-electron chi connectivity index (χ0n) is 52.4. The van der Waals surface area contributed by atoms with Gasteiger partial charge in [0.1, 0.15) is 58.9 Å². The Morgan fingerprint density at radius 3 is 1.12 bits per heavy atom. The summed E-state index contributed by atoms with van der Waals surface area (Å²) in [5.41, 5.74) is -4.56. The van der Waals surface area contributed by atoms with Gasteiger partial charge in [-0.2, -0.15) is 0 Å². The summed E-state index contributed by atoms with van der Waals surface area (Å²) < 4.78 is 0. The van der Waals surface area contributed by atoms with Gasteiger partial charge in [0.05, 0.1) is 12.6 Å². The standard InChI is InChI=1S/C59H103N11O12/c1-18-35(8)44(51(77)64-46(37(10)20-3)53(79)67-59(16,17)55(81)68-27-21-24-41(68)48(74)61-39(32-71)30-33(4)5)63-50(76)43-26-23-29-70(43)54(80)57(12,13)65-47(73)40(31-34(6)7)62-49(75)42-25-22-28-69(42)56(82)58(14,15)66-52(78)45(36(9)19-2)60-38(11)72/h33-37,39-46,71H,18-32H2,1-17H3,(H,60,72)(H,61,74)(H,62,75)(H,63,76)(H,64,77)(H,65,73)(H,66,78)(H,67,79)/t35-,36-,37-,39-,40-,41-,42-,43-,44-,45-,46-/m0/s1. The van der Waals surface area contributed by atoms with E-state index in [1.807, 2.05) is 55.4 Å². The lowest BCUT2D eigenvalue weighted by Crippen LogP contribution is -2.64. The minimum absolute atomic E-state index is 0.101. The highest BCUT2D eigenvalue weighted by Crippen LogP contribution is 2.27. The van der Waals surface area contributed by atoms with Crippen LogP contribution in [-0.4, -0.2) is 176 Å². The van der Waals surface area contributed by atoms with Gasteiger partial charge in [-0.05, 0) is 122 Å². The molecule has 3 saturated heterocycles. The third-order valence-corrected chi connectivity index (χ3v) is 16.5. The molecule has 11 amide bonds. The van der Waals surface area contributed by atoms with Gasteiger partial charge in [0.2, 0.25) is 65.0 Å². The second-order valence-electron chi connectivity index (χ2n) is 25.8. The van der Waals surface area contributed by atoms with Gasteiger partial charge in [0.25, 0.3) is 0 Å². The van der Waals surface area contributed by atoms with Crippen LogP contribution in [0.1, 0.15) is 188 Å². The predicted octanol–water partition coefficient (Wildman–Crippen LogP) is 2.31. The highest BCUT2D eigenvalue weighted by molar-refractivity contribution is 6.01. The average Bonchev–Trinajstić information content (AvgIpc) is 4.39. The van der Waals surface area contributed by atoms with E-state index in [1.54, 1.807) is 27.7 Å². The molecule has 0 radical (unpaired) electrons. The first-order valence-electron chi connectivity index (χ1n) is 30.1. The fraction of sp³-hybridized carbons (Fsp3) is 0.814. The summed E-state index contributed by atoms with van der Waals surface area (Å²) in [4.78, 5) is 157. The van der Waals surface area contributed by atoms with Crippen molar-refractivity contribution in [3.63, 3.8) is 0 Å². The van der Waals surface area contributed by atoms with Gasteiger partial charge >= 0.3 is 0 Å². The molecule has 0 aromatic carbocycles. The van der Waals surface area contributed by atoms with Crippen molar-refractivity contribution in [2.24, 2.45) is 29.6 Å². The highest BCUT2D eigenvalue weighted by Gasteiger charge is 2.47. The van der Waals surface area contributed by atoms with Crippen molar-refractivity contribution in [1.29, 1.82) is 0 Å². The number of aliphatic hydroxyl groups is 1. The molecule has 11 atom stereocenters. The Kier molecular flexibility index (Phi) is 26.3. The normalized spacial score (nSPS) is 20.6. The van der Waals surface area contributed by atoms with Gasteiger partial charge < -0.3 is 62.3 Å². The molecule has 466 valence electrons. The zero-order chi connectivity index (χ0) is 62.4. The molecule has 0 spiro atoms. The number of nitrogens with zero attached hydrogens (tertiary/aromatic N) is 3. The van der Waals surface area contributed by atoms with Gasteiger partial charge in [-0.3, -0.25) is 52.7 Å². The molecule has 3 aliphatic rings. The number of hydrogen-bond acceptors (Lipinski definition) is 12. The summed E-state index contributed by atoms with van der Waals surface area (Å²) in [6.45, 7) is 29.6. The van der Waals surface area contributed by atoms with Crippen molar-refractivity contribution in [2.45, 2.75) is 253 Å². The molecule has 3 rings (SSSR count). The number of rotatable bonds is 29. The van der Waals surface area contributed by atoms with E-state index in [1.165, 1.54) is 49.3 Å². The van der Waals surface area contributed by atoms with Crippen molar-refractivity contribution in [1.82, 2.24) is 57.2 Å². The molecule has 0 saturated carbocycles. The maximum absolute atomic E-state index is 14.5. The maximum atomic E-state index is 14.5. The van der Waals surface area contributed by atoms with Crippen LogP contribution in [0.25, 0.3) is 0 Å². The Labute approximate surface area is 487 Å². The van der Waals surface area contributed by atoms with Crippen molar-refractivity contribution in [2.75, 3.05) is 26.2 Å². The first-order valence-corrected chi connectivity index (χ1v) is 30.1. The van der Waals surface area contributed by atoms with E-state index in [-0.39, 0.29) is 56.2 Å². The number of amides is 11. The van der Waals surface area contributed by atoms with E-state index >= 15 is 0 Å². The lowest BCUT2D eigenvalue weighted by molar-refractivity contribution is -0.147. The molecule has 0 aromatic heterocycles. The lowest BCUT2D eigenvalue weighted by atomic mass is 9.93. The smallest absolute Gasteiger partial charge is 0.248 e. The molecule has 0 aromatic rings. The van der Waals surface area contributed by atoms with Crippen LogP contribution < -0.4 is 42.5 Å². The van der Waals surface area contributed by atoms with Gasteiger partial charge in [-0.1, -0.05) is 88.5 Å². The monoisotopic (exact) mass is 1160 g/mol. The molecule has 3 fully saturated rings. The molecule has 0 bridgehead atoms. The molecular weight excluding hydrogens is 1050 g/mol. The Morgan fingerprint density at radius 2 is 0.780 bits per heavy atom. The number of carbonyl (C=O) groups is 11. The van der Waals surface area contributed by atoms with Crippen molar-refractivity contribution in [3.8, 4) is 0 Å². The van der Waals surface area contributed by atoms with E-state index in [9.17, 15) is 57.8 Å². The van der Waals surface area contributed by atoms with Crippen LogP contribution >= 0.6 is 0 Å². The van der Waals surface area contributed by atoms with Crippen LogP contribution in [0.15, 0.2) is 0 Å². The Bertz CT molecular complexity index is 2290. The minimum Gasteiger partial charge on any atom is -0.394 e. The Balaban J connectivity index is 1.76. The fourth-order valence-corrected chi connectivity index (χ4v) is 11.1. The third kappa shape index (κ3) is 18.8. The maximum Gasteiger partial charge on any atom is 0.248 e. The molecule has 3 aliphatic heterocycles. The van der Waals surface area contributed by atoms with Gasteiger partial charge in [0.15, 0.2) is 0 Å². The summed E-state index contributed by atoms with van der Waals surface area (Å²) >= 11 is 0. The largest absolute Gasteiger partial charge is 0.394 e. The second kappa shape index (κ2) is 30.6. The molecule has 23 heteroatoms. The van der Waals surface area contributed by atoms with Crippen molar-refractivity contribution < 1.29 is 57.8 Å². The topological polar surface area (TPSA) is 314 Å². The molecular formula is C59H103N11O12. The van der Waals surface area contributed by atoms with Crippen LogP contribution in [0.2, 0.25) is 0 Å². The molecule has 23 nitrogen and oxygen atoms in total. The number of aliphatic hydroxyl groups excluding tert-OH is 1. The second-order valence-corrected chi connectivity index (χ2v) is 25.8. The fourth-order valence-electron chi connectivity index (χ4n) is 11.1. The van der Waals surface area contributed by atoms with Gasteiger partial charge in [-0.25, -0.2) is 0 Å². The first kappa shape index (κ1) is 70.4.